The third kappa shape index (κ3) is 3.05. The summed E-state index contributed by atoms with van der Waals surface area (Å²) in [5.74, 6) is 0.330. The topological polar surface area (TPSA) is 81.6 Å². The second-order valence-electron chi connectivity index (χ2n) is 5.92. The summed E-state index contributed by atoms with van der Waals surface area (Å²) in [7, 11) is 1.61. The van der Waals surface area contributed by atoms with Crippen molar-refractivity contribution in [2.24, 2.45) is 5.73 Å². The van der Waals surface area contributed by atoms with E-state index >= 15 is 0 Å². The van der Waals surface area contributed by atoms with Gasteiger partial charge in [0.15, 0.2) is 0 Å². The number of amides is 1. The highest BCUT2D eigenvalue weighted by Crippen LogP contribution is 2.32. The second kappa shape index (κ2) is 6.93. The van der Waals surface area contributed by atoms with Gasteiger partial charge in [-0.25, -0.2) is 0 Å². The fraction of sp³-hybridized carbons (Fsp3) is 0.412. The molecule has 128 valence electrons. The van der Waals surface area contributed by atoms with Crippen LogP contribution in [0.3, 0.4) is 0 Å². The molecule has 0 radical (unpaired) electrons. The van der Waals surface area contributed by atoms with Crippen LogP contribution in [0.5, 0.6) is 0 Å². The molecular weight excluding hydrogens is 330 g/mol. The van der Waals surface area contributed by atoms with Crippen LogP contribution in [0.15, 0.2) is 28.8 Å². The van der Waals surface area contributed by atoms with Crippen LogP contribution in [-0.4, -0.2) is 48.3 Å². The van der Waals surface area contributed by atoms with Crippen molar-refractivity contribution in [2.75, 3.05) is 20.2 Å². The molecule has 2 N–H and O–H groups in total. The number of carbonyl (C=O) groups is 1. The molecular formula is C17H20ClN3O3. The van der Waals surface area contributed by atoms with Gasteiger partial charge in [-0.05, 0) is 19.4 Å². The number of ether oxygens (including phenoxy) is 1. The minimum absolute atomic E-state index is 0.0642. The van der Waals surface area contributed by atoms with Gasteiger partial charge in [0, 0.05) is 31.8 Å². The van der Waals surface area contributed by atoms with Gasteiger partial charge in [-0.3, -0.25) is 4.79 Å². The number of piperidine rings is 1. The minimum atomic E-state index is -0.174. The van der Waals surface area contributed by atoms with Crippen LogP contribution < -0.4 is 5.73 Å². The van der Waals surface area contributed by atoms with E-state index in [1.165, 1.54) is 0 Å². The lowest BCUT2D eigenvalue weighted by molar-refractivity contribution is 0.0161. The maximum atomic E-state index is 13.0. The van der Waals surface area contributed by atoms with Gasteiger partial charge < -0.3 is 19.9 Å². The summed E-state index contributed by atoms with van der Waals surface area (Å²) in [6.07, 6.45) is 0.516. The zero-order valence-corrected chi connectivity index (χ0v) is 14.4. The zero-order valence-electron chi connectivity index (χ0n) is 13.7. The van der Waals surface area contributed by atoms with Crippen LogP contribution in [0.2, 0.25) is 5.02 Å². The summed E-state index contributed by atoms with van der Waals surface area (Å²) < 4.78 is 10.7. The van der Waals surface area contributed by atoms with Gasteiger partial charge in [-0.1, -0.05) is 35.0 Å². The highest BCUT2D eigenvalue weighted by atomic mass is 35.5. The van der Waals surface area contributed by atoms with Gasteiger partial charge in [0.25, 0.3) is 5.91 Å². The molecule has 2 aromatic rings. The summed E-state index contributed by atoms with van der Waals surface area (Å²) in [4.78, 5) is 14.8. The second-order valence-corrected chi connectivity index (χ2v) is 6.33. The van der Waals surface area contributed by atoms with Crippen LogP contribution in [-0.2, 0) is 4.74 Å². The number of aromatic nitrogens is 1. The standard InChI is InChI=1S/C17H20ClN3O3/c1-10-15(16(20-24-10)11-5-3-4-6-12(11)18)17(22)21-8-7-13(19)14(9-21)23-2/h3-6,13-14H,7-9,19H2,1-2H3/t13-,14+/m0/s1. The Morgan fingerprint density at radius 2 is 2.21 bits per heavy atom. The van der Waals surface area contributed by atoms with Crippen LogP contribution >= 0.6 is 11.6 Å². The van der Waals surface area contributed by atoms with Crippen molar-refractivity contribution in [2.45, 2.75) is 25.5 Å². The Morgan fingerprint density at radius 1 is 1.46 bits per heavy atom. The number of halogens is 1. The van der Waals surface area contributed by atoms with Gasteiger partial charge in [-0.15, -0.1) is 0 Å². The van der Waals surface area contributed by atoms with Crippen molar-refractivity contribution in [3.05, 3.63) is 40.6 Å². The van der Waals surface area contributed by atoms with Crippen molar-refractivity contribution in [3.8, 4) is 11.3 Å². The number of likely N-dealkylation sites (tertiary alicyclic amines) is 1. The fourth-order valence-electron chi connectivity index (χ4n) is 2.99. The molecule has 0 unspecified atom stereocenters. The van der Waals surface area contributed by atoms with Gasteiger partial charge >= 0.3 is 0 Å². The van der Waals surface area contributed by atoms with Crippen molar-refractivity contribution < 1.29 is 14.1 Å². The Kier molecular flexibility index (Phi) is 4.89. The van der Waals surface area contributed by atoms with E-state index in [1.54, 1.807) is 25.0 Å². The lowest BCUT2D eigenvalue weighted by Crippen LogP contribution is -2.53. The van der Waals surface area contributed by atoms with Crippen molar-refractivity contribution in [1.29, 1.82) is 0 Å². The van der Waals surface area contributed by atoms with E-state index in [2.05, 4.69) is 5.16 Å². The van der Waals surface area contributed by atoms with Crippen molar-refractivity contribution in [1.82, 2.24) is 10.1 Å². The predicted octanol–water partition coefficient (Wildman–Crippen LogP) is 2.49. The number of aryl methyl sites for hydroxylation is 1. The smallest absolute Gasteiger partial charge is 0.259 e. The molecule has 6 nitrogen and oxygen atoms in total. The lowest BCUT2D eigenvalue weighted by Gasteiger charge is -2.36. The first kappa shape index (κ1) is 17.0. The van der Waals surface area contributed by atoms with Gasteiger partial charge in [0.2, 0.25) is 0 Å². The molecule has 0 bridgehead atoms. The van der Waals surface area contributed by atoms with E-state index in [4.69, 9.17) is 26.6 Å². The largest absolute Gasteiger partial charge is 0.378 e. The lowest BCUT2D eigenvalue weighted by atomic mass is 10.00. The van der Waals surface area contributed by atoms with Crippen LogP contribution in [0.25, 0.3) is 11.3 Å². The highest BCUT2D eigenvalue weighted by molar-refractivity contribution is 6.33. The molecule has 3 rings (SSSR count). The molecule has 24 heavy (non-hydrogen) atoms. The average molecular weight is 350 g/mol. The maximum absolute atomic E-state index is 13.0. The average Bonchev–Trinajstić information content (AvgIpc) is 2.96. The third-order valence-corrected chi connectivity index (χ3v) is 4.74. The number of carbonyl (C=O) groups excluding carboxylic acids is 1. The summed E-state index contributed by atoms with van der Waals surface area (Å²) in [5.41, 5.74) is 7.61. The van der Waals surface area contributed by atoms with E-state index in [-0.39, 0.29) is 18.1 Å². The molecule has 0 saturated carbocycles. The monoisotopic (exact) mass is 349 g/mol. The Hall–Kier alpha value is -1.89. The van der Waals surface area contributed by atoms with E-state index in [9.17, 15) is 4.79 Å². The summed E-state index contributed by atoms with van der Waals surface area (Å²) >= 11 is 6.25. The number of benzene rings is 1. The van der Waals surface area contributed by atoms with Crippen LogP contribution in [0.1, 0.15) is 22.5 Å². The third-order valence-electron chi connectivity index (χ3n) is 4.41. The molecule has 2 atom stereocenters. The molecule has 1 fully saturated rings. The molecule has 1 saturated heterocycles. The molecule has 1 aliphatic heterocycles. The summed E-state index contributed by atoms with van der Waals surface area (Å²) in [6, 6.07) is 7.19. The molecule has 0 aliphatic carbocycles. The molecule has 7 heteroatoms. The summed E-state index contributed by atoms with van der Waals surface area (Å²) in [5, 5.41) is 4.58. The number of nitrogens with two attached hydrogens (primary N) is 1. The highest BCUT2D eigenvalue weighted by Gasteiger charge is 2.33. The quantitative estimate of drug-likeness (QED) is 0.920. The summed E-state index contributed by atoms with van der Waals surface area (Å²) in [6.45, 7) is 2.75. The Labute approximate surface area is 145 Å². The Morgan fingerprint density at radius 3 is 2.92 bits per heavy atom. The first-order valence-electron chi connectivity index (χ1n) is 7.81. The fourth-order valence-corrected chi connectivity index (χ4v) is 3.21. The number of rotatable bonds is 3. The normalized spacial score (nSPS) is 21.1. The number of nitrogens with zero attached hydrogens (tertiary/aromatic N) is 2. The Bertz CT molecular complexity index is 746. The predicted molar refractivity (Wildman–Crippen MR) is 91.0 cm³/mol. The van der Waals surface area contributed by atoms with Gasteiger partial charge in [-0.2, -0.15) is 0 Å². The number of methoxy groups -OCH3 is 1. The minimum Gasteiger partial charge on any atom is -0.378 e. The first-order valence-corrected chi connectivity index (χ1v) is 8.19. The first-order chi connectivity index (χ1) is 11.5. The van der Waals surface area contributed by atoms with Crippen LogP contribution in [0, 0.1) is 6.92 Å². The molecule has 1 amide bonds. The van der Waals surface area contributed by atoms with E-state index in [0.717, 1.165) is 0 Å². The van der Waals surface area contributed by atoms with E-state index in [1.807, 2.05) is 18.2 Å². The Balaban J connectivity index is 1.94. The number of hydrogen-bond donors (Lipinski definition) is 1. The molecule has 1 aromatic heterocycles. The van der Waals surface area contributed by atoms with Gasteiger partial charge in [0.1, 0.15) is 17.0 Å². The van der Waals surface area contributed by atoms with E-state index in [0.29, 0.717) is 47.1 Å². The van der Waals surface area contributed by atoms with E-state index < -0.39 is 0 Å². The molecule has 1 aliphatic rings. The SMILES string of the molecule is CO[C@@H]1CN(C(=O)c2c(-c3ccccc3Cl)noc2C)CC[C@@H]1N. The molecule has 1 aromatic carbocycles. The number of hydrogen-bond acceptors (Lipinski definition) is 5. The van der Waals surface area contributed by atoms with Crippen LogP contribution in [0.4, 0.5) is 0 Å². The zero-order chi connectivity index (χ0) is 17.3. The molecule has 0 spiro atoms. The van der Waals surface area contributed by atoms with Crippen molar-refractivity contribution in [3.63, 3.8) is 0 Å². The molecule has 2 heterocycles. The van der Waals surface area contributed by atoms with Gasteiger partial charge in [0.05, 0.1) is 11.1 Å². The maximum Gasteiger partial charge on any atom is 0.259 e. The van der Waals surface area contributed by atoms with Crippen molar-refractivity contribution >= 4 is 17.5 Å².